The average Bonchev–Trinajstić information content (AvgIpc) is 3.34. The number of nitrogens with zero attached hydrogens (tertiary/aromatic N) is 3. The fourth-order valence-electron chi connectivity index (χ4n) is 6.16. The normalized spacial score (nSPS) is 34.7. The Labute approximate surface area is 179 Å². The van der Waals surface area contributed by atoms with Crippen LogP contribution in [-0.4, -0.2) is 73.3 Å². The number of fused-ring (bicyclic) bond motifs is 9. The summed E-state index contributed by atoms with van der Waals surface area (Å²) in [5.41, 5.74) is 0. The second-order valence-corrected chi connectivity index (χ2v) is 10.3. The molecule has 2 saturated heterocycles. The first-order valence-electron chi connectivity index (χ1n) is 10.2. The van der Waals surface area contributed by atoms with E-state index in [1.165, 1.54) is 24.2 Å². The maximum absolute atomic E-state index is 13.5. The Balaban J connectivity index is 1.33. The van der Waals surface area contributed by atoms with Crippen molar-refractivity contribution in [3.63, 3.8) is 0 Å². The maximum atomic E-state index is 13.5. The SMILES string of the molecule is COC(=O)N1[C@@H]2[C@@H]3C[C@H]([C@@H]2N1C(=O)OC)[C@@H]1[C@H]3N1S(=O)(=O)c1ccc2ccccc2c1. The van der Waals surface area contributed by atoms with E-state index in [9.17, 15) is 18.0 Å². The molecular formula is C21H21N3O6S. The molecule has 2 saturated carbocycles. The number of carbonyl (C=O) groups excluding carboxylic acids is 2. The molecule has 0 spiro atoms. The highest BCUT2D eigenvalue weighted by Crippen LogP contribution is 2.65. The molecule has 2 aromatic rings. The van der Waals surface area contributed by atoms with Crippen LogP contribution < -0.4 is 0 Å². The molecule has 1 unspecified atom stereocenters. The molecule has 2 heterocycles. The number of sulfonamides is 1. The molecule has 9 nitrogen and oxygen atoms in total. The van der Waals surface area contributed by atoms with Gasteiger partial charge in [-0.05, 0) is 29.3 Å². The minimum Gasteiger partial charge on any atom is -0.452 e. The number of ether oxygens (including phenoxy) is 2. The molecule has 2 aliphatic carbocycles. The molecule has 0 radical (unpaired) electrons. The lowest BCUT2D eigenvalue weighted by Crippen LogP contribution is -2.76. The van der Waals surface area contributed by atoms with Crippen molar-refractivity contribution < 1.29 is 27.5 Å². The molecule has 6 rings (SSSR count). The van der Waals surface area contributed by atoms with Crippen molar-refractivity contribution in [1.29, 1.82) is 0 Å². The van der Waals surface area contributed by atoms with Gasteiger partial charge in [-0.25, -0.2) is 28.0 Å². The Bertz CT molecular complexity index is 1190. The lowest BCUT2D eigenvalue weighted by atomic mass is 9.86. The molecule has 2 aliphatic heterocycles. The summed E-state index contributed by atoms with van der Waals surface area (Å²) in [6, 6.07) is 12.0. The van der Waals surface area contributed by atoms with Gasteiger partial charge in [-0.3, -0.25) is 0 Å². The van der Waals surface area contributed by atoms with Crippen LogP contribution in [0.2, 0.25) is 0 Å². The largest absolute Gasteiger partial charge is 0.452 e. The summed E-state index contributed by atoms with van der Waals surface area (Å²) >= 11 is 0. The second kappa shape index (κ2) is 6.10. The fraction of sp³-hybridized carbons (Fsp3) is 0.429. The molecule has 2 bridgehead atoms. The zero-order valence-electron chi connectivity index (χ0n) is 16.9. The number of piperidine rings is 1. The monoisotopic (exact) mass is 443 g/mol. The molecule has 0 aromatic heterocycles. The Kier molecular flexibility index (Phi) is 3.72. The number of hydrogen-bond acceptors (Lipinski definition) is 6. The third-order valence-corrected chi connectivity index (χ3v) is 9.21. The van der Waals surface area contributed by atoms with Crippen molar-refractivity contribution in [2.75, 3.05) is 14.2 Å². The predicted molar refractivity (Wildman–Crippen MR) is 108 cm³/mol. The van der Waals surface area contributed by atoms with Crippen molar-refractivity contribution in [1.82, 2.24) is 14.3 Å². The van der Waals surface area contributed by atoms with Gasteiger partial charge < -0.3 is 9.47 Å². The van der Waals surface area contributed by atoms with Crippen LogP contribution in [0.3, 0.4) is 0 Å². The summed E-state index contributed by atoms with van der Waals surface area (Å²) in [5.74, 6) is -0.0644. The minimum atomic E-state index is -3.68. The van der Waals surface area contributed by atoms with Gasteiger partial charge in [-0.1, -0.05) is 30.3 Å². The highest BCUT2D eigenvalue weighted by molar-refractivity contribution is 7.89. The standard InChI is InChI=1S/C21H21N3O6S/c1-29-20(25)22-16-14-10-15(17(16)23(22)21(26)30-2)19-18(14)24(19)31(27,28)13-8-7-11-5-3-4-6-12(11)9-13/h3-9,14-19H,10H2,1-2H3/t14-,15+,16+,17-,18-,19+,24?. The number of carbonyl (C=O) groups is 2. The van der Waals surface area contributed by atoms with E-state index in [0.717, 1.165) is 17.2 Å². The fourth-order valence-corrected chi connectivity index (χ4v) is 8.07. The van der Waals surface area contributed by atoms with Crippen LogP contribution in [0, 0.1) is 11.8 Å². The van der Waals surface area contributed by atoms with E-state index in [4.69, 9.17) is 9.47 Å². The first-order chi connectivity index (χ1) is 14.9. The first kappa shape index (κ1) is 18.9. The minimum absolute atomic E-state index is 0.0322. The molecule has 2 amide bonds. The van der Waals surface area contributed by atoms with Crippen molar-refractivity contribution in [2.24, 2.45) is 11.8 Å². The van der Waals surface area contributed by atoms with Crippen LogP contribution in [0.25, 0.3) is 10.8 Å². The van der Waals surface area contributed by atoms with Gasteiger partial charge in [0, 0.05) is 23.9 Å². The van der Waals surface area contributed by atoms with Crippen molar-refractivity contribution in [3.8, 4) is 0 Å². The van der Waals surface area contributed by atoms with Crippen molar-refractivity contribution >= 4 is 33.0 Å². The van der Waals surface area contributed by atoms with Crippen LogP contribution in [0.4, 0.5) is 9.59 Å². The van der Waals surface area contributed by atoms with Crippen LogP contribution in [0.15, 0.2) is 47.4 Å². The molecular weight excluding hydrogens is 422 g/mol. The van der Waals surface area contributed by atoms with Gasteiger partial charge >= 0.3 is 12.2 Å². The molecule has 31 heavy (non-hydrogen) atoms. The number of rotatable bonds is 2. The second-order valence-electron chi connectivity index (χ2n) is 8.50. The van der Waals surface area contributed by atoms with Crippen molar-refractivity contribution in [2.45, 2.75) is 35.5 Å². The molecule has 4 aliphatic rings. The Hall–Kier alpha value is -2.85. The number of hydrazine groups is 1. The number of methoxy groups -OCH3 is 2. The Morgan fingerprint density at radius 2 is 1.39 bits per heavy atom. The maximum Gasteiger partial charge on any atom is 0.429 e. The van der Waals surface area contributed by atoms with E-state index >= 15 is 0 Å². The average molecular weight is 443 g/mol. The summed E-state index contributed by atoms with van der Waals surface area (Å²) in [7, 11) is -1.17. The van der Waals surface area contributed by atoms with Crippen LogP contribution in [-0.2, 0) is 19.5 Å². The van der Waals surface area contributed by atoms with Gasteiger partial charge in [0.1, 0.15) is 0 Å². The highest BCUT2D eigenvalue weighted by Gasteiger charge is 2.80. The zero-order chi connectivity index (χ0) is 21.7. The Morgan fingerprint density at radius 3 is 1.94 bits per heavy atom. The van der Waals surface area contributed by atoms with Gasteiger partial charge in [-0.15, -0.1) is 0 Å². The topological polar surface area (TPSA) is 96.2 Å². The number of amides is 2. The quantitative estimate of drug-likeness (QED) is 0.659. The van der Waals surface area contributed by atoms with E-state index in [2.05, 4.69) is 0 Å². The summed E-state index contributed by atoms with van der Waals surface area (Å²) in [6.45, 7) is 0. The summed E-state index contributed by atoms with van der Waals surface area (Å²) in [4.78, 5) is 24.9. The number of hydrogen-bond donors (Lipinski definition) is 0. The third-order valence-electron chi connectivity index (χ3n) is 7.31. The lowest BCUT2D eigenvalue weighted by molar-refractivity contribution is -0.173. The van der Waals surface area contributed by atoms with Gasteiger partial charge in [0.05, 0.1) is 31.2 Å². The first-order valence-corrected chi connectivity index (χ1v) is 11.6. The zero-order valence-corrected chi connectivity index (χ0v) is 17.7. The van der Waals surface area contributed by atoms with E-state index in [1.807, 2.05) is 30.3 Å². The summed E-state index contributed by atoms with van der Waals surface area (Å²) < 4.78 is 38.2. The van der Waals surface area contributed by atoms with Crippen LogP contribution >= 0.6 is 0 Å². The predicted octanol–water partition coefficient (Wildman–Crippen LogP) is 2.03. The van der Waals surface area contributed by atoms with Gasteiger partial charge in [0.15, 0.2) is 0 Å². The molecule has 162 valence electrons. The smallest absolute Gasteiger partial charge is 0.429 e. The van der Waals surface area contributed by atoms with Crippen LogP contribution in [0.5, 0.6) is 0 Å². The van der Waals surface area contributed by atoms with Crippen LogP contribution in [0.1, 0.15) is 6.42 Å². The molecule has 0 N–H and O–H groups in total. The Morgan fingerprint density at radius 1 is 0.839 bits per heavy atom. The van der Waals surface area contributed by atoms with E-state index in [-0.39, 0.29) is 40.9 Å². The highest BCUT2D eigenvalue weighted by atomic mass is 32.2. The molecule has 7 atom stereocenters. The third kappa shape index (κ3) is 2.26. The van der Waals surface area contributed by atoms with E-state index < -0.39 is 22.2 Å². The van der Waals surface area contributed by atoms with Gasteiger partial charge in [0.25, 0.3) is 0 Å². The van der Waals surface area contributed by atoms with Crippen molar-refractivity contribution in [3.05, 3.63) is 42.5 Å². The van der Waals surface area contributed by atoms with Gasteiger partial charge in [0.2, 0.25) is 10.0 Å². The lowest BCUT2D eigenvalue weighted by Gasteiger charge is -2.55. The molecule has 4 fully saturated rings. The van der Waals surface area contributed by atoms with E-state index in [0.29, 0.717) is 0 Å². The summed E-state index contributed by atoms with van der Waals surface area (Å²) in [5, 5.41) is 4.42. The molecule has 10 heteroatoms. The molecule has 2 aromatic carbocycles. The number of benzene rings is 2. The van der Waals surface area contributed by atoms with E-state index in [1.54, 1.807) is 16.4 Å². The van der Waals surface area contributed by atoms with Gasteiger partial charge in [-0.2, -0.15) is 4.31 Å². The summed E-state index contributed by atoms with van der Waals surface area (Å²) in [6.07, 6.45) is -0.504.